The molecule has 1 amide bonds. The lowest BCUT2D eigenvalue weighted by Gasteiger charge is -2.23. The van der Waals surface area contributed by atoms with Crippen LogP contribution in [0.25, 0.3) is 11.0 Å². The highest BCUT2D eigenvalue weighted by Gasteiger charge is 2.22. The van der Waals surface area contributed by atoms with Crippen molar-refractivity contribution in [3.8, 4) is 0 Å². The van der Waals surface area contributed by atoms with E-state index in [0.29, 0.717) is 5.88 Å². The van der Waals surface area contributed by atoms with Crippen LogP contribution in [0.1, 0.15) is 20.8 Å². The highest BCUT2D eigenvalue weighted by Crippen LogP contribution is 2.26. The van der Waals surface area contributed by atoms with Crippen molar-refractivity contribution in [3.63, 3.8) is 0 Å². The molecule has 4 nitrogen and oxygen atoms in total. The molecule has 0 radical (unpaired) electrons. The van der Waals surface area contributed by atoms with Gasteiger partial charge in [0, 0.05) is 18.5 Å². The molecule has 0 bridgehead atoms. The van der Waals surface area contributed by atoms with E-state index in [2.05, 4.69) is 0 Å². The summed E-state index contributed by atoms with van der Waals surface area (Å²) in [5.41, 5.74) is 0.236. The molecule has 0 aliphatic rings. The fourth-order valence-corrected chi connectivity index (χ4v) is 1.55. The number of fused-ring (bicyclic) bond motifs is 1. The number of nitrogens with zero attached hydrogens (tertiary/aromatic N) is 1. The van der Waals surface area contributed by atoms with Gasteiger partial charge in [0.05, 0.1) is 0 Å². The van der Waals surface area contributed by atoms with E-state index in [0.717, 1.165) is 11.0 Å². The molecule has 18 heavy (non-hydrogen) atoms. The molecular formula is C14H17NO3. The first kappa shape index (κ1) is 12.5. The molecule has 4 heteroatoms. The number of carbonyl (C=O) groups is 1. The van der Waals surface area contributed by atoms with Crippen molar-refractivity contribution in [1.82, 2.24) is 0 Å². The van der Waals surface area contributed by atoms with Crippen LogP contribution in [0.4, 0.5) is 10.7 Å². The van der Waals surface area contributed by atoms with Crippen molar-refractivity contribution >= 4 is 22.9 Å². The average molecular weight is 247 g/mol. The van der Waals surface area contributed by atoms with Crippen LogP contribution < -0.4 is 4.90 Å². The Kier molecular flexibility index (Phi) is 3.03. The smallest absolute Gasteiger partial charge is 0.416 e. The molecule has 0 atom stereocenters. The summed E-state index contributed by atoms with van der Waals surface area (Å²) in [6, 6.07) is 9.44. The number of ether oxygens (including phenoxy) is 1. The monoisotopic (exact) mass is 247 g/mol. The first-order valence-corrected chi connectivity index (χ1v) is 5.82. The van der Waals surface area contributed by atoms with E-state index in [1.165, 1.54) is 4.90 Å². The van der Waals surface area contributed by atoms with E-state index in [-0.39, 0.29) is 0 Å². The number of hydrogen-bond acceptors (Lipinski definition) is 3. The number of furan rings is 1. The molecule has 0 fully saturated rings. The van der Waals surface area contributed by atoms with E-state index in [9.17, 15) is 4.79 Å². The summed E-state index contributed by atoms with van der Waals surface area (Å²) in [5.74, 6) is 0.477. The van der Waals surface area contributed by atoms with Gasteiger partial charge in [-0.15, -0.1) is 0 Å². The zero-order valence-electron chi connectivity index (χ0n) is 11.1. The Morgan fingerprint density at radius 3 is 2.56 bits per heavy atom. The molecule has 1 heterocycles. The standard InChI is InChI=1S/C14H17NO3/c1-14(2,3)18-13(16)15(4)12-9-10-7-5-6-8-11(10)17-12/h5-9H,1-4H3. The van der Waals surface area contributed by atoms with Gasteiger partial charge in [-0.25, -0.2) is 4.79 Å². The second-order valence-electron chi connectivity index (χ2n) is 5.16. The summed E-state index contributed by atoms with van der Waals surface area (Å²) in [4.78, 5) is 13.2. The Bertz CT molecular complexity index is 533. The summed E-state index contributed by atoms with van der Waals surface area (Å²) in [6.45, 7) is 5.49. The van der Waals surface area contributed by atoms with Gasteiger partial charge in [0.2, 0.25) is 5.88 Å². The third kappa shape index (κ3) is 2.64. The number of benzene rings is 1. The molecular weight excluding hydrogens is 230 g/mol. The van der Waals surface area contributed by atoms with Gasteiger partial charge in [-0.2, -0.15) is 0 Å². The molecule has 1 aromatic carbocycles. The summed E-state index contributed by atoms with van der Waals surface area (Å²) in [6.07, 6.45) is -0.429. The SMILES string of the molecule is CN(C(=O)OC(C)(C)C)c1cc2ccccc2o1. The van der Waals surface area contributed by atoms with Crippen LogP contribution in [0.15, 0.2) is 34.7 Å². The Morgan fingerprint density at radius 2 is 1.94 bits per heavy atom. The van der Waals surface area contributed by atoms with Gasteiger partial charge < -0.3 is 9.15 Å². The summed E-state index contributed by atoms with van der Waals surface area (Å²) >= 11 is 0. The van der Waals surface area contributed by atoms with E-state index in [1.807, 2.05) is 51.1 Å². The van der Waals surface area contributed by atoms with Crippen LogP contribution in [-0.4, -0.2) is 18.7 Å². The normalized spacial score (nSPS) is 11.6. The number of anilines is 1. The van der Waals surface area contributed by atoms with E-state index in [4.69, 9.17) is 9.15 Å². The van der Waals surface area contributed by atoms with Crippen LogP contribution in [0.2, 0.25) is 0 Å². The maximum absolute atomic E-state index is 11.9. The Labute approximate surface area is 106 Å². The predicted molar refractivity (Wildman–Crippen MR) is 70.9 cm³/mol. The molecule has 0 N–H and O–H groups in total. The van der Waals surface area contributed by atoms with Crippen LogP contribution in [-0.2, 0) is 4.74 Å². The average Bonchev–Trinajstić information content (AvgIpc) is 2.68. The molecule has 2 rings (SSSR count). The first-order valence-electron chi connectivity index (χ1n) is 5.82. The molecule has 0 spiro atoms. The van der Waals surface area contributed by atoms with E-state index >= 15 is 0 Å². The topological polar surface area (TPSA) is 42.7 Å². The zero-order valence-corrected chi connectivity index (χ0v) is 11.1. The summed E-state index contributed by atoms with van der Waals surface area (Å²) in [5, 5.41) is 0.961. The van der Waals surface area contributed by atoms with Gasteiger partial charge in [0.1, 0.15) is 11.2 Å². The molecule has 1 aromatic heterocycles. The maximum atomic E-state index is 11.9. The minimum Gasteiger partial charge on any atom is -0.443 e. The van der Waals surface area contributed by atoms with Gasteiger partial charge in [-0.3, -0.25) is 4.90 Å². The van der Waals surface area contributed by atoms with E-state index < -0.39 is 11.7 Å². The van der Waals surface area contributed by atoms with Crippen molar-refractivity contribution in [2.75, 3.05) is 11.9 Å². The minimum absolute atomic E-state index is 0.429. The summed E-state index contributed by atoms with van der Waals surface area (Å²) in [7, 11) is 1.63. The second kappa shape index (κ2) is 4.37. The highest BCUT2D eigenvalue weighted by molar-refractivity contribution is 5.90. The highest BCUT2D eigenvalue weighted by atomic mass is 16.6. The number of hydrogen-bond donors (Lipinski definition) is 0. The Hall–Kier alpha value is -1.97. The molecule has 96 valence electrons. The third-order valence-electron chi connectivity index (χ3n) is 2.41. The Balaban J connectivity index is 2.23. The van der Waals surface area contributed by atoms with Gasteiger partial charge in [0.25, 0.3) is 0 Å². The molecule has 2 aromatic rings. The molecule has 0 saturated carbocycles. The predicted octanol–water partition coefficient (Wildman–Crippen LogP) is 3.80. The van der Waals surface area contributed by atoms with Crippen molar-refractivity contribution in [2.24, 2.45) is 0 Å². The Morgan fingerprint density at radius 1 is 1.28 bits per heavy atom. The molecule has 0 aliphatic heterocycles. The van der Waals surface area contributed by atoms with Gasteiger partial charge in [-0.05, 0) is 26.8 Å². The number of rotatable bonds is 1. The van der Waals surface area contributed by atoms with Gasteiger partial charge in [0.15, 0.2) is 0 Å². The van der Waals surface area contributed by atoms with E-state index in [1.54, 1.807) is 7.05 Å². The molecule has 0 aliphatic carbocycles. The largest absolute Gasteiger partial charge is 0.443 e. The lowest BCUT2D eigenvalue weighted by Crippen LogP contribution is -2.33. The van der Waals surface area contributed by atoms with Crippen LogP contribution in [0.5, 0.6) is 0 Å². The number of carbonyl (C=O) groups excluding carboxylic acids is 1. The third-order valence-corrected chi connectivity index (χ3v) is 2.41. The first-order chi connectivity index (χ1) is 8.37. The van der Waals surface area contributed by atoms with Crippen molar-refractivity contribution < 1.29 is 13.9 Å². The number of para-hydroxylation sites is 1. The fourth-order valence-electron chi connectivity index (χ4n) is 1.55. The fraction of sp³-hybridized carbons (Fsp3) is 0.357. The van der Waals surface area contributed by atoms with Crippen molar-refractivity contribution in [1.29, 1.82) is 0 Å². The van der Waals surface area contributed by atoms with Crippen molar-refractivity contribution in [3.05, 3.63) is 30.3 Å². The lowest BCUT2D eigenvalue weighted by molar-refractivity contribution is 0.0584. The number of amides is 1. The van der Waals surface area contributed by atoms with Gasteiger partial charge in [-0.1, -0.05) is 18.2 Å². The second-order valence-corrected chi connectivity index (χ2v) is 5.16. The molecule has 0 unspecified atom stereocenters. The maximum Gasteiger partial charge on any atom is 0.416 e. The minimum atomic E-state index is -0.517. The van der Waals surface area contributed by atoms with Crippen LogP contribution in [0.3, 0.4) is 0 Å². The van der Waals surface area contributed by atoms with Crippen molar-refractivity contribution in [2.45, 2.75) is 26.4 Å². The summed E-state index contributed by atoms with van der Waals surface area (Å²) < 4.78 is 10.9. The lowest BCUT2D eigenvalue weighted by atomic mass is 10.2. The quantitative estimate of drug-likeness (QED) is 0.769. The van der Waals surface area contributed by atoms with Gasteiger partial charge >= 0.3 is 6.09 Å². The molecule has 0 saturated heterocycles. The van der Waals surface area contributed by atoms with Crippen LogP contribution >= 0.6 is 0 Å². The van der Waals surface area contributed by atoms with Crippen LogP contribution in [0, 0.1) is 0 Å². The zero-order chi connectivity index (χ0) is 13.3.